The number of amides is 1. The zero-order valence-corrected chi connectivity index (χ0v) is 19.6. The minimum Gasteiger partial charge on any atom is -0.497 e. The third kappa shape index (κ3) is 4.93. The van der Waals surface area contributed by atoms with Gasteiger partial charge in [0.1, 0.15) is 17.4 Å². The quantitative estimate of drug-likeness (QED) is 0.307. The molecule has 35 heavy (non-hydrogen) atoms. The molecule has 0 atom stereocenters. The summed E-state index contributed by atoms with van der Waals surface area (Å²) in [6, 6.07) is 27.1. The van der Waals surface area contributed by atoms with Gasteiger partial charge in [-0.15, -0.1) is 0 Å². The highest BCUT2D eigenvalue weighted by Crippen LogP contribution is 2.29. The molecule has 4 aromatic rings. The van der Waals surface area contributed by atoms with Gasteiger partial charge >= 0.3 is 0 Å². The number of methoxy groups -OCH3 is 1. The Morgan fingerprint density at radius 3 is 2.46 bits per heavy atom. The first-order valence-corrected chi connectivity index (χ1v) is 11.1. The molecule has 0 spiro atoms. The fourth-order valence-electron chi connectivity index (χ4n) is 4.10. The van der Waals surface area contributed by atoms with Crippen molar-refractivity contribution >= 4 is 22.9 Å². The first kappa shape index (κ1) is 23.4. The monoisotopic (exact) mass is 460 g/mol. The van der Waals surface area contributed by atoms with E-state index in [1.807, 2.05) is 73.7 Å². The van der Waals surface area contributed by atoms with E-state index in [-0.39, 0.29) is 5.57 Å². The molecule has 0 saturated carbocycles. The van der Waals surface area contributed by atoms with Crippen LogP contribution < -0.4 is 10.1 Å². The van der Waals surface area contributed by atoms with E-state index in [0.717, 1.165) is 39.0 Å². The van der Waals surface area contributed by atoms with E-state index in [2.05, 4.69) is 22.0 Å². The van der Waals surface area contributed by atoms with E-state index in [4.69, 9.17) is 4.74 Å². The van der Waals surface area contributed by atoms with Crippen molar-refractivity contribution in [1.82, 2.24) is 9.88 Å². The zero-order chi connectivity index (χ0) is 24.8. The molecule has 0 unspecified atom stereocenters. The number of nitriles is 2. The molecule has 0 radical (unpaired) electrons. The van der Waals surface area contributed by atoms with Gasteiger partial charge < -0.3 is 14.6 Å². The SMILES string of the molecule is COc1ccc(CNC(=O)/C(C#N)=C\c2c(C)n(Cc3ccccc3C#N)c3ccccc23)cc1. The van der Waals surface area contributed by atoms with Crippen LogP contribution in [0.25, 0.3) is 17.0 Å². The van der Waals surface area contributed by atoms with Crippen LogP contribution in [0.2, 0.25) is 0 Å². The van der Waals surface area contributed by atoms with Gasteiger partial charge in [-0.2, -0.15) is 10.5 Å². The lowest BCUT2D eigenvalue weighted by Gasteiger charge is -2.10. The van der Waals surface area contributed by atoms with Crippen LogP contribution in [0.4, 0.5) is 0 Å². The summed E-state index contributed by atoms with van der Waals surface area (Å²) in [6.07, 6.45) is 1.65. The maximum Gasteiger partial charge on any atom is 0.262 e. The Bertz CT molecular complexity index is 1500. The molecule has 0 aliphatic heterocycles. The molecule has 0 aliphatic rings. The van der Waals surface area contributed by atoms with Gasteiger partial charge in [0.2, 0.25) is 0 Å². The Balaban J connectivity index is 1.65. The van der Waals surface area contributed by atoms with Gasteiger partial charge in [-0.3, -0.25) is 4.79 Å². The van der Waals surface area contributed by atoms with E-state index in [1.54, 1.807) is 19.3 Å². The summed E-state index contributed by atoms with van der Waals surface area (Å²) in [5, 5.41) is 23.0. The van der Waals surface area contributed by atoms with Gasteiger partial charge in [-0.05, 0) is 48.4 Å². The molecule has 0 bridgehead atoms. The second kappa shape index (κ2) is 10.4. The van der Waals surface area contributed by atoms with Crippen molar-refractivity contribution in [1.29, 1.82) is 10.5 Å². The summed E-state index contributed by atoms with van der Waals surface area (Å²) < 4.78 is 7.27. The Morgan fingerprint density at radius 1 is 1.03 bits per heavy atom. The number of nitrogens with one attached hydrogen (secondary N) is 1. The lowest BCUT2D eigenvalue weighted by Crippen LogP contribution is -2.23. The van der Waals surface area contributed by atoms with Crippen LogP contribution in [0, 0.1) is 29.6 Å². The minimum absolute atomic E-state index is 0.0296. The van der Waals surface area contributed by atoms with Crippen LogP contribution >= 0.6 is 0 Å². The molecule has 6 heteroatoms. The van der Waals surface area contributed by atoms with Crippen LogP contribution in [0.1, 0.15) is 27.9 Å². The van der Waals surface area contributed by atoms with Crippen molar-refractivity contribution in [3.05, 3.63) is 106 Å². The normalized spacial score (nSPS) is 11.0. The highest BCUT2D eigenvalue weighted by atomic mass is 16.5. The molecular weight excluding hydrogens is 436 g/mol. The number of hydrogen-bond acceptors (Lipinski definition) is 4. The highest BCUT2D eigenvalue weighted by molar-refractivity contribution is 6.04. The van der Waals surface area contributed by atoms with Crippen molar-refractivity contribution in [2.24, 2.45) is 0 Å². The summed E-state index contributed by atoms with van der Waals surface area (Å²) >= 11 is 0. The predicted octanol–water partition coefficient (Wildman–Crippen LogP) is 5.10. The minimum atomic E-state index is -0.436. The Labute approximate surface area is 204 Å². The number of carbonyl (C=O) groups excluding carboxylic acids is 1. The van der Waals surface area contributed by atoms with Crippen molar-refractivity contribution in [2.75, 3.05) is 7.11 Å². The molecule has 1 aromatic heterocycles. The predicted molar refractivity (Wildman–Crippen MR) is 135 cm³/mol. The Hall–Kier alpha value is -4.81. The third-order valence-electron chi connectivity index (χ3n) is 6.01. The summed E-state index contributed by atoms with van der Waals surface area (Å²) in [5.74, 6) is 0.302. The number of fused-ring (bicyclic) bond motifs is 1. The fraction of sp³-hybridized carbons (Fsp3) is 0.138. The molecule has 1 amide bonds. The van der Waals surface area contributed by atoms with E-state index in [0.29, 0.717) is 18.7 Å². The highest BCUT2D eigenvalue weighted by Gasteiger charge is 2.17. The van der Waals surface area contributed by atoms with E-state index in [9.17, 15) is 15.3 Å². The first-order valence-electron chi connectivity index (χ1n) is 11.1. The topological polar surface area (TPSA) is 90.8 Å². The Kier molecular flexibility index (Phi) is 6.95. The van der Waals surface area contributed by atoms with Crippen molar-refractivity contribution in [3.8, 4) is 17.9 Å². The summed E-state index contributed by atoms with van der Waals surface area (Å²) in [4.78, 5) is 12.8. The van der Waals surface area contributed by atoms with E-state index >= 15 is 0 Å². The lowest BCUT2D eigenvalue weighted by atomic mass is 10.1. The zero-order valence-electron chi connectivity index (χ0n) is 19.6. The number of para-hydroxylation sites is 1. The van der Waals surface area contributed by atoms with Gasteiger partial charge in [0.05, 0.1) is 18.7 Å². The molecule has 0 fully saturated rings. The van der Waals surface area contributed by atoms with Gasteiger partial charge in [0.15, 0.2) is 0 Å². The number of ether oxygens (including phenoxy) is 1. The number of benzene rings is 3. The molecule has 4 rings (SSSR count). The largest absolute Gasteiger partial charge is 0.497 e. The second-order valence-corrected chi connectivity index (χ2v) is 8.07. The average molecular weight is 461 g/mol. The first-order chi connectivity index (χ1) is 17.0. The molecule has 1 N–H and O–H groups in total. The van der Waals surface area contributed by atoms with Crippen molar-refractivity contribution in [2.45, 2.75) is 20.0 Å². The van der Waals surface area contributed by atoms with Gasteiger partial charge in [-0.1, -0.05) is 48.5 Å². The molecule has 1 heterocycles. The average Bonchev–Trinajstić information content (AvgIpc) is 3.16. The van der Waals surface area contributed by atoms with Crippen LogP contribution in [0.15, 0.2) is 78.4 Å². The third-order valence-corrected chi connectivity index (χ3v) is 6.01. The summed E-state index contributed by atoms with van der Waals surface area (Å²) in [7, 11) is 1.60. The maximum absolute atomic E-state index is 12.8. The van der Waals surface area contributed by atoms with E-state index < -0.39 is 5.91 Å². The van der Waals surface area contributed by atoms with Gasteiger partial charge in [0, 0.05) is 35.2 Å². The fourth-order valence-corrected chi connectivity index (χ4v) is 4.10. The molecular formula is C29H24N4O2. The molecule has 3 aromatic carbocycles. The smallest absolute Gasteiger partial charge is 0.262 e. The van der Waals surface area contributed by atoms with Crippen molar-refractivity contribution in [3.63, 3.8) is 0 Å². The van der Waals surface area contributed by atoms with Crippen molar-refractivity contribution < 1.29 is 9.53 Å². The van der Waals surface area contributed by atoms with Gasteiger partial charge in [-0.25, -0.2) is 0 Å². The second-order valence-electron chi connectivity index (χ2n) is 8.07. The Morgan fingerprint density at radius 2 is 1.74 bits per heavy atom. The standard InChI is InChI=1S/C29H24N4O2/c1-20-27(15-24(17-31)29(34)32-18-21-11-13-25(35-2)14-12-21)26-9-5-6-10-28(26)33(20)19-23-8-4-3-7-22(23)16-30/h3-15H,18-19H2,1-2H3,(H,32,34)/b24-15-. The van der Waals surface area contributed by atoms with Crippen LogP contribution in [0.3, 0.4) is 0 Å². The number of carbonyl (C=O) groups is 1. The number of hydrogen-bond donors (Lipinski definition) is 1. The number of rotatable bonds is 7. The molecule has 172 valence electrons. The molecule has 6 nitrogen and oxygen atoms in total. The van der Waals surface area contributed by atoms with Crippen LogP contribution in [0.5, 0.6) is 5.75 Å². The van der Waals surface area contributed by atoms with Crippen LogP contribution in [-0.2, 0) is 17.9 Å². The van der Waals surface area contributed by atoms with Crippen LogP contribution in [-0.4, -0.2) is 17.6 Å². The lowest BCUT2D eigenvalue weighted by molar-refractivity contribution is -0.117. The van der Waals surface area contributed by atoms with E-state index in [1.165, 1.54) is 0 Å². The number of nitrogens with zero attached hydrogens (tertiary/aromatic N) is 3. The maximum atomic E-state index is 12.8. The number of aromatic nitrogens is 1. The molecule has 0 saturated heterocycles. The molecule has 0 aliphatic carbocycles. The summed E-state index contributed by atoms with van der Waals surface area (Å²) in [6.45, 7) is 2.77. The summed E-state index contributed by atoms with van der Waals surface area (Å²) in [5.41, 5.74) is 5.16. The van der Waals surface area contributed by atoms with Gasteiger partial charge in [0.25, 0.3) is 5.91 Å².